The van der Waals surface area contributed by atoms with Crippen LogP contribution in [0, 0.1) is 0 Å². The molecule has 2 heterocycles. The maximum absolute atomic E-state index is 4.63. The predicted octanol–water partition coefficient (Wildman–Crippen LogP) is 3.56. The number of imidazole rings is 1. The third-order valence-electron chi connectivity index (χ3n) is 4.04. The first-order valence-corrected chi connectivity index (χ1v) is 8.00. The second kappa shape index (κ2) is 5.04. The predicted molar refractivity (Wildman–Crippen MR) is 82.0 cm³/mol. The van der Waals surface area contributed by atoms with E-state index in [1.807, 2.05) is 0 Å². The normalized spacial score (nSPS) is 18.3. The molecule has 4 rings (SSSR count). The molecule has 102 valence electrons. The van der Waals surface area contributed by atoms with Crippen molar-refractivity contribution in [3.8, 4) is 0 Å². The minimum absolute atomic E-state index is 0.472. The van der Waals surface area contributed by atoms with E-state index in [4.69, 9.17) is 0 Å². The highest BCUT2D eigenvalue weighted by Crippen LogP contribution is 2.29. The molecule has 0 radical (unpaired) electrons. The van der Waals surface area contributed by atoms with Gasteiger partial charge >= 0.3 is 0 Å². The molecular weight excluding hydrogens is 266 g/mol. The molecule has 0 bridgehead atoms. The van der Waals surface area contributed by atoms with Crippen molar-refractivity contribution in [2.24, 2.45) is 0 Å². The van der Waals surface area contributed by atoms with Crippen molar-refractivity contribution in [3.05, 3.63) is 58.9 Å². The van der Waals surface area contributed by atoms with Crippen LogP contribution in [0.2, 0.25) is 0 Å². The van der Waals surface area contributed by atoms with Crippen molar-refractivity contribution in [1.29, 1.82) is 0 Å². The van der Waals surface area contributed by atoms with Gasteiger partial charge < -0.3 is 5.32 Å². The second-order valence-electron chi connectivity index (χ2n) is 5.35. The van der Waals surface area contributed by atoms with Crippen molar-refractivity contribution in [1.82, 2.24) is 14.7 Å². The Morgan fingerprint density at radius 3 is 3.25 bits per heavy atom. The van der Waals surface area contributed by atoms with E-state index in [9.17, 15) is 0 Å². The zero-order chi connectivity index (χ0) is 13.4. The third-order valence-corrected chi connectivity index (χ3v) is 4.81. The Hall–Kier alpha value is -1.65. The summed E-state index contributed by atoms with van der Waals surface area (Å²) in [5.41, 5.74) is 4.10. The van der Waals surface area contributed by atoms with E-state index < -0.39 is 0 Å². The van der Waals surface area contributed by atoms with Gasteiger partial charge in [0, 0.05) is 30.4 Å². The molecule has 1 atom stereocenters. The molecule has 1 aliphatic rings. The minimum Gasteiger partial charge on any atom is -0.304 e. The summed E-state index contributed by atoms with van der Waals surface area (Å²) in [5.74, 6) is 0. The van der Waals surface area contributed by atoms with Gasteiger partial charge in [0.2, 0.25) is 0 Å². The van der Waals surface area contributed by atoms with Gasteiger partial charge in [-0.2, -0.15) is 0 Å². The fourth-order valence-electron chi connectivity index (χ4n) is 3.05. The number of benzene rings is 1. The van der Waals surface area contributed by atoms with Gasteiger partial charge in [-0.05, 0) is 30.4 Å². The Balaban J connectivity index is 1.51. The van der Waals surface area contributed by atoms with Crippen molar-refractivity contribution in [2.45, 2.75) is 31.8 Å². The average Bonchev–Trinajstić information content (AvgIpc) is 3.06. The topological polar surface area (TPSA) is 29.3 Å². The van der Waals surface area contributed by atoms with E-state index in [-0.39, 0.29) is 0 Å². The van der Waals surface area contributed by atoms with Crippen molar-refractivity contribution in [3.63, 3.8) is 0 Å². The summed E-state index contributed by atoms with van der Waals surface area (Å²) in [6.45, 7) is 0.841. The second-order valence-corrected chi connectivity index (χ2v) is 6.22. The number of hydrogen-bond acceptors (Lipinski definition) is 3. The van der Waals surface area contributed by atoms with Crippen LogP contribution in [0.1, 0.15) is 35.7 Å². The largest absolute Gasteiger partial charge is 0.304 e. The number of hydrogen-bond donors (Lipinski definition) is 1. The van der Waals surface area contributed by atoms with Crippen LogP contribution < -0.4 is 5.32 Å². The molecule has 0 fully saturated rings. The summed E-state index contributed by atoms with van der Waals surface area (Å²) >= 11 is 1.68. The monoisotopic (exact) mass is 283 g/mol. The van der Waals surface area contributed by atoms with Gasteiger partial charge in [0.25, 0.3) is 0 Å². The van der Waals surface area contributed by atoms with Crippen LogP contribution in [0.15, 0.2) is 42.0 Å². The molecule has 1 N–H and O–H groups in total. The zero-order valence-corrected chi connectivity index (χ0v) is 12.1. The SMILES string of the molecule is c1ccc2c(c1)CCCC2NCc1cn2ccsc2n1. The number of nitrogens with one attached hydrogen (secondary N) is 1. The summed E-state index contributed by atoms with van der Waals surface area (Å²) in [6, 6.07) is 9.28. The first-order valence-electron chi connectivity index (χ1n) is 7.12. The highest BCUT2D eigenvalue weighted by Gasteiger charge is 2.19. The van der Waals surface area contributed by atoms with Crippen LogP contribution in [-0.4, -0.2) is 9.38 Å². The van der Waals surface area contributed by atoms with Gasteiger partial charge in [-0.1, -0.05) is 24.3 Å². The molecule has 0 spiro atoms. The van der Waals surface area contributed by atoms with E-state index in [2.05, 4.69) is 56.7 Å². The van der Waals surface area contributed by atoms with Crippen LogP contribution in [-0.2, 0) is 13.0 Å². The smallest absolute Gasteiger partial charge is 0.193 e. The molecule has 1 aliphatic carbocycles. The Labute approximate surface area is 122 Å². The number of aryl methyl sites for hydroxylation is 1. The molecule has 4 heteroatoms. The van der Waals surface area contributed by atoms with E-state index >= 15 is 0 Å². The standard InChI is InChI=1S/C16H17N3S/c1-2-6-14-12(4-1)5-3-7-15(14)17-10-13-11-19-8-9-20-16(19)18-13/h1-2,4,6,8-9,11,15,17H,3,5,7,10H2. The summed E-state index contributed by atoms with van der Waals surface area (Å²) in [6.07, 6.45) is 7.89. The molecule has 0 saturated heterocycles. The Morgan fingerprint density at radius 1 is 1.35 bits per heavy atom. The molecule has 3 aromatic rings. The lowest BCUT2D eigenvalue weighted by atomic mass is 9.88. The van der Waals surface area contributed by atoms with Crippen LogP contribution in [0.5, 0.6) is 0 Å². The van der Waals surface area contributed by atoms with Gasteiger partial charge in [0.15, 0.2) is 4.96 Å². The van der Waals surface area contributed by atoms with E-state index in [1.54, 1.807) is 11.3 Å². The number of thiazole rings is 1. The number of rotatable bonds is 3. The molecule has 3 nitrogen and oxygen atoms in total. The van der Waals surface area contributed by atoms with Gasteiger partial charge in [-0.15, -0.1) is 11.3 Å². The average molecular weight is 283 g/mol. The van der Waals surface area contributed by atoms with Gasteiger partial charge in [-0.25, -0.2) is 4.98 Å². The molecule has 0 saturated carbocycles. The van der Waals surface area contributed by atoms with Crippen LogP contribution in [0.25, 0.3) is 4.96 Å². The van der Waals surface area contributed by atoms with Crippen molar-refractivity contribution >= 4 is 16.3 Å². The van der Waals surface area contributed by atoms with Crippen molar-refractivity contribution < 1.29 is 0 Å². The maximum atomic E-state index is 4.63. The molecule has 20 heavy (non-hydrogen) atoms. The van der Waals surface area contributed by atoms with E-state index in [1.165, 1.54) is 30.4 Å². The molecule has 0 amide bonds. The lowest BCUT2D eigenvalue weighted by Gasteiger charge is -2.26. The number of nitrogens with zero attached hydrogens (tertiary/aromatic N) is 2. The zero-order valence-electron chi connectivity index (χ0n) is 11.2. The summed E-state index contributed by atoms with van der Waals surface area (Å²) < 4.78 is 2.09. The molecule has 2 aromatic heterocycles. The van der Waals surface area contributed by atoms with Gasteiger partial charge in [0.1, 0.15) is 0 Å². The first kappa shape index (κ1) is 12.1. The third kappa shape index (κ3) is 2.15. The highest BCUT2D eigenvalue weighted by molar-refractivity contribution is 7.15. The fraction of sp³-hybridized carbons (Fsp3) is 0.312. The van der Waals surface area contributed by atoms with Gasteiger partial charge in [-0.3, -0.25) is 4.40 Å². The quantitative estimate of drug-likeness (QED) is 0.796. The minimum atomic E-state index is 0.472. The molecule has 1 unspecified atom stereocenters. The van der Waals surface area contributed by atoms with E-state index in [0.717, 1.165) is 17.2 Å². The maximum Gasteiger partial charge on any atom is 0.193 e. The van der Waals surface area contributed by atoms with Crippen LogP contribution in [0.3, 0.4) is 0 Å². The lowest BCUT2D eigenvalue weighted by Crippen LogP contribution is -2.24. The summed E-state index contributed by atoms with van der Waals surface area (Å²) in [5, 5.41) is 5.74. The summed E-state index contributed by atoms with van der Waals surface area (Å²) in [4.78, 5) is 5.71. The Kier molecular flexibility index (Phi) is 3.05. The number of aromatic nitrogens is 2. The molecule has 0 aliphatic heterocycles. The van der Waals surface area contributed by atoms with Gasteiger partial charge in [0.05, 0.1) is 5.69 Å². The molecular formula is C16H17N3S. The molecule has 1 aromatic carbocycles. The highest BCUT2D eigenvalue weighted by atomic mass is 32.1. The number of fused-ring (bicyclic) bond motifs is 2. The summed E-state index contributed by atoms with van der Waals surface area (Å²) in [7, 11) is 0. The lowest BCUT2D eigenvalue weighted by molar-refractivity contribution is 0.457. The van der Waals surface area contributed by atoms with Crippen LogP contribution >= 0.6 is 11.3 Å². The fourth-order valence-corrected chi connectivity index (χ4v) is 3.77. The Bertz CT molecular complexity index is 699. The van der Waals surface area contributed by atoms with E-state index in [0.29, 0.717) is 6.04 Å². The Morgan fingerprint density at radius 2 is 2.30 bits per heavy atom. The first-order chi connectivity index (χ1) is 9.90. The van der Waals surface area contributed by atoms with Crippen molar-refractivity contribution in [2.75, 3.05) is 0 Å². The van der Waals surface area contributed by atoms with Crippen LogP contribution in [0.4, 0.5) is 0 Å².